The summed E-state index contributed by atoms with van der Waals surface area (Å²) in [5.41, 5.74) is 3.92. The van der Waals surface area contributed by atoms with Gasteiger partial charge in [-0.15, -0.1) is 0 Å². The van der Waals surface area contributed by atoms with E-state index < -0.39 is 0 Å². The van der Waals surface area contributed by atoms with Gasteiger partial charge in [-0.25, -0.2) is 0 Å². The number of aromatic amines is 1. The smallest absolute Gasteiger partial charge is 0.253 e. The van der Waals surface area contributed by atoms with Crippen molar-refractivity contribution in [3.63, 3.8) is 0 Å². The van der Waals surface area contributed by atoms with Gasteiger partial charge in [-0.05, 0) is 73.1 Å². The molecular formula is C26H31N3O2S. The average molecular weight is 450 g/mol. The van der Waals surface area contributed by atoms with E-state index in [1.54, 1.807) is 0 Å². The van der Waals surface area contributed by atoms with Crippen LogP contribution in [0.25, 0.3) is 10.9 Å². The maximum atomic E-state index is 12.8. The number of rotatable bonds is 7. The van der Waals surface area contributed by atoms with E-state index in [1.807, 2.05) is 30.3 Å². The number of thiocarbonyl (C=S) groups is 1. The van der Waals surface area contributed by atoms with Gasteiger partial charge in [-0.3, -0.25) is 4.79 Å². The lowest BCUT2D eigenvalue weighted by molar-refractivity contribution is 0.0895. The van der Waals surface area contributed by atoms with Gasteiger partial charge in [-0.2, -0.15) is 0 Å². The number of aromatic nitrogens is 1. The zero-order chi connectivity index (χ0) is 22.5. The van der Waals surface area contributed by atoms with E-state index in [4.69, 9.17) is 17.0 Å². The molecule has 1 fully saturated rings. The molecular weight excluding hydrogens is 418 g/mol. The van der Waals surface area contributed by atoms with Gasteiger partial charge in [0, 0.05) is 24.2 Å². The van der Waals surface area contributed by atoms with E-state index in [0.29, 0.717) is 23.8 Å². The van der Waals surface area contributed by atoms with Gasteiger partial charge >= 0.3 is 0 Å². The second kappa shape index (κ2) is 10.3. The number of nitrogens with zero attached hydrogens (tertiary/aromatic N) is 1. The Hall–Kier alpha value is -2.70. The predicted molar refractivity (Wildman–Crippen MR) is 134 cm³/mol. The highest BCUT2D eigenvalue weighted by atomic mass is 32.1. The number of hydrogen-bond donors (Lipinski definition) is 2. The molecule has 1 aliphatic heterocycles. The van der Waals surface area contributed by atoms with Crippen LogP contribution in [-0.2, 0) is 17.7 Å². The normalized spacial score (nSPS) is 16.8. The van der Waals surface area contributed by atoms with Gasteiger partial charge < -0.3 is 19.9 Å². The highest BCUT2D eigenvalue weighted by Crippen LogP contribution is 2.19. The molecule has 0 spiro atoms. The van der Waals surface area contributed by atoms with Crippen molar-refractivity contribution in [1.82, 2.24) is 15.2 Å². The van der Waals surface area contributed by atoms with E-state index in [9.17, 15) is 4.79 Å². The van der Waals surface area contributed by atoms with Gasteiger partial charge in [0.15, 0.2) is 5.11 Å². The molecule has 1 saturated heterocycles. The molecule has 1 aromatic heterocycles. The zero-order valence-electron chi connectivity index (χ0n) is 18.8. The lowest BCUT2D eigenvalue weighted by Gasteiger charge is -2.30. The van der Waals surface area contributed by atoms with Gasteiger partial charge in [-0.1, -0.05) is 43.3 Å². The Labute approximate surface area is 194 Å². The first-order chi connectivity index (χ1) is 15.5. The highest BCUT2D eigenvalue weighted by Gasteiger charge is 2.23. The fourth-order valence-electron chi connectivity index (χ4n) is 4.20. The molecule has 2 aromatic carbocycles. The molecule has 0 saturated carbocycles. The number of ether oxygens (including phenoxy) is 1. The summed E-state index contributed by atoms with van der Waals surface area (Å²) in [4.78, 5) is 18.0. The summed E-state index contributed by atoms with van der Waals surface area (Å²) in [6.07, 6.45) is 3.17. The van der Waals surface area contributed by atoms with E-state index in [1.165, 1.54) is 11.1 Å². The van der Waals surface area contributed by atoms with Crippen LogP contribution in [0.4, 0.5) is 0 Å². The number of nitrogens with one attached hydrogen (secondary N) is 2. The minimum absolute atomic E-state index is 0.0673. The average Bonchev–Trinajstić information content (AvgIpc) is 3.32. The lowest BCUT2D eigenvalue weighted by atomic mass is 10.1. The van der Waals surface area contributed by atoms with Crippen LogP contribution >= 0.6 is 12.2 Å². The molecule has 2 heterocycles. The van der Waals surface area contributed by atoms with E-state index in [2.05, 4.69) is 53.3 Å². The molecule has 0 radical (unpaired) electrons. The summed E-state index contributed by atoms with van der Waals surface area (Å²) in [5, 5.41) is 5.14. The van der Waals surface area contributed by atoms with Crippen LogP contribution in [-0.4, -0.2) is 34.3 Å². The lowest BCUT2D eigenvalue weighted by Crippen LogP contribution is -2.44. The van der Waals surface area contributed by atoms with Crippen LogP contribution in [0.2, 0.25) is 0 Å². The predicted octanol–water partition coefficient (Wildman–Crippen LogP) is 4.71. The largest absolute Gasteiger partial charge is 0.376 e. The Kier molecular flexibility index (Phi) is 7.22. The van der Waals surface area contributed by atoms with Gasteiger partial charge in [0.05, 0.1) is 18.7 Å². The highest BCUT2D eigenvalue weighted by molar-refractivity contribution is 7.80. The summed E-state index contributed by atoms with van der Waals surface area (Å²) < 4.78 is 5.88. The molecule has 6 heteroatoms. The Balaban J connectivity index is 1.58. The molecule has 0 bridgehead atoms. The van der Waals surface area contributed by atoms with Crippen molar-refractivity contribution in [3.8, 4) is 0 Å². The van der Waals surface area contributed by atoms with Crippen LogP contribution in [0.3, 0.4) is 0 Å². The quantitative estimate of drug-likeness (QED) is 0.512. The van der Waals surface area contributed by atoms with E-state index >= 15 is 0 Å². The number of pyridine rings is 1. The fourth-order valence-corrected chi connectivity index (χ4v) is 4.52. The molecule has 5 nitrogen and oxygen atoms in total. The maximum absolute atomic E-state index is 12.8. The van der Waals surface area contributed by atoms with Crippen LogP contribution in [0.5, 0.6) is 0 Å². The van der Waals surface area contributed by atoms with Crippen LogP contribution < -0.4 is 10.9 Å². The summed E-state index contributed by atoms with van der Waals surface area (Å²) >= 11 is 5.81. The van der Waals surface area contributed by atoms with Crippen molar-refractivity contribution in [1.29, 1.82) is 0 Å². The number of fused-ring (bicyclic) bond motifs is 1. The summed E-state index contributed by atoms with van der Waals surface area (Å²) in [5.74, 6) is 0. The van der Waals surface area contributed by atoms with Crippen LogP contribution in [0.15, 0.2) is 59.4 Å². The van der Waals surface area contributed by atoms with Gasteiger partial charge in [0.2, 0.25) is 0 Å². The van der Waals surface area contributed by atoms with E-state index in [0.717, 1.165) is 36.8 Å². The summed E-state index contributed by atoms with van der Waals surface area (Å²) in [6.45, 7) is 6.13. The van der Waals surface area contributed by atoms with Crippen molar-refractivity contribution in [2.45, 2.75) is 51.8 Å². The Morgan fingerprint density at radius 3 is 2.78 bits per heavy atom. The second-order valence-corrected chi connectivity index (χ2v) is 8.88. The SMILES string of the molecule is CCc1ccc2[nH]c(=O)c(CN(CC3CCCO3)C(=S)NC(C)c3ccccc3)cc2c1. The first-order valence-electron chi connectivity index (χ1n) is 11.4. The van der Waals surface area contributed by atoms with Gasteiger partial charge in [0.25, 0.3) is 5.56 Å². The minimum atomic E-state index is -0.0713. The third kappa shape index (κ3) is 5.37. The monoisotopic (exact) mass is 449 g/mol. The number of aryl methyl sites for hydroxylation is 1. The molecule has 0 amide bonds. The minimum Gasteiger partial charge on any atom is -0.376 e. The van der Waals surface area contributed by atoms with Crippen molar-refractivity contribution < 1.29 is 4.74 Å². The summed E-state index contributed by atoms with van der Waals surface area (Å²) in [6, 6.07) is 18.5. The van der Waals surface area contributed by atoms with Crippen molar-refractivity contribution >= 4 is 28.2 Å². The van der Waals surface area contributed by atoms with Crippen molar-refractivity contribution in [2.75, 3.05) is 13.2 Å². The fraction of sp³-hybridized carbons (Fsp3) is 0.385. The molecule has 2 unspecified atom stereocenters. The third-order valence-corrected chi connectivity index (χ3v) is 6.51. The molecule has 4 rings (SSSR count). The van der Waals surface area contributed by atoms with Crippen LogP contribution in [0.1, 0.15) is 49.4 Å². The van der Waals surface area contributed by atoms with Crippen molar-refractivity contribution in [3.05, 3.63) is 81.6 Å². The zero-order valence-corrected chi connectivity index (χ0v) is 19.6. The Bertz CT molecular complexity index is 1120. The topological polar surface area (TPSA) is 57.4 Å². The first-order valence-corrected chi connectivity index (χ1v) is 11.8. The van der Waals surface area contributed by atoms with Gasteiger partial charge in [0.1, 0.15) is 0 Å². The Morgan fingerprint density at radius 2 is 2.06 bits per heavy atom. The molecule has 32 heavy (non-hydrogen) atoms. The molecule has 1 aliphatic rings. The van der Waals surface area contributed by atoms with Crippen LogP contribution in [0, 0.1) is 0 Å². The second-order valence-electron chi connectivity index (χ2n) is 8.50. The standard InChI is InChI=1S/C26H31N3O2S/c1-3-19-11-12-24-21(14-19)15-22(25(30)28-24)16-29(17-23-10-7-13-31-23)26(32)27-18(2)20-8-5-4-6-9-20/h4-6,8-9,11-12,14-15,18,23H,3,7,10,13,16-17H2,1-2H3,(H,27,32)(H,28,30). The van der Waals surface area contributed by atoms with Crippen molar-refractivity contribution in [2.24, 2.45) is 0 Å². The number of H-pyrrole nitrogens is 1. The Morgan fingerprint density at radius 1 is 1.25 bits per heavy atom. The number of hydrogen-bond acceptors (Lipinski definition) is 3. The molecule has 3 aromatic rings. The maximum Gasteiger partial charge on any atom is 0.253 e. The van der Waals surface area contributed by atoms with E-state index in [-0.39, 0.29) is 17.7 Å². The molecule has 2 N–H and O–H groups in total. The molecule has 168 valence electrons. The molecule has 2 atom stereocenters. The summed E-state index contributed by atoms with van der Waals surface area (Å²) in [7, 11) is 0. The third-order valence-electron chi connectivity index (χ3n) is 6.13. The molecule has 0 aliphatic carbocycles. The first kappa shape index (κ1) is 22.5. The number of benzene rings is 2.